The number of nitrogens with one attached hydrogen (secondary N) is 1. The Morgan fingerprint density at radius 2 is 1.66 bits per heavy atom. The van der Waals surface area contributed by atoms with Crippen molar-refractivity contribution < 1.29 is 14.3 Å². The van der Waals surface area contributed by atoms with Crippen LogP contribution in [0.3, 0.4) is 0 Å². The van der Waals surface area contributed by atoms with Crippen molar-refractivity contribution in [3.63, 3.8) is 0 Å². The highest BCUT2D eigenvalue weighted by atomic mass is 16.5. The lowest BCUT2D eigenvalue weighted by Gasteiger charge is -2.37. The molecule has 182 valence electrons. The molecule has 8 nitrogen and oxygen atoms in total. The topological polar surface area (TPSA) is 91.1 Å². The molecule has 0 bridgehead atoms. The highest BCUT2D eigenvalue weighted by Gasteiger charge is 2.25. The zero-order chi connectivity index (χ0) is 24.8. The van der Waals surface area contributed by atoms with Crippen LogP contribution < -0.4 is 20.7 Å². The molecule has 0 atom stereocenters. The fourth-order valence-corrected chi connectivity index (χ4v) is 4.16. The lowest BCUT2D eigenvalue weighted by Crippen LogP contribution is -2.50. The van der Waals surface area contributed by atoms with E-state index in [9.17, 15) is 9.59 Å². The molecule has 1 heterocycles. The Morgan fingerprint density at radius 3 is 2.31 bits per heavy atom. The molecule has 0 unspecified atom stereocenters. The lowest BCUT2D eigenvalue weighted by atomic mass is 10.1. The minimum Gasteiger partial charge on any atom is -0.497 e. The summed E-state index contributed by atoms with van der Waals surface area (Å²) >= 11 is 0. The van der Waals surface area contributed by atoms with Gasteiger partial charge in [0.1, 0.15) is 5.75 Å². The third kappa shape index (κ3) is 5.84. The summed E-state index contributed by atoms with van der Waals surface area (Å²) in [7, 11) is 3.40. The van der Waals surface area contributed by atoms with Crippen molar-refractivity contribution in [2.24, 2.45) is 0 Å². The summed E-state index contributed by atoms with van der Waals surface area (Å²) in [5, 5.41) is 2.93. The standard InChI is InChI=1S/C27H31N5O3/c1-30(19-20-6-4-3-5-7-20)26(33)24-18-21(28)8-13-25(24)31-14-16-32(17-15-31)27(34)29-22-9-11-23(35-2)12-10-22/h3-13,18H,14-17,19,28H2,1-2H3,(H,29,34). The van der Waals surface area contributed by atoms with Crippen LogP contribution in [0.5, 0.6) is 5.75 Å². The molecule has 4 rings (SSSR count). The number of benzene rings is 3. The van der Waals surface area contributed by atoms with Crippen LogP contribution in [0.15, 0.2) is 72.8 Å². The summed E-state index contributed by atoms with van der Waals surface area (Å²) in [6.45, 7) is 2.82. The van der Waals surface area contributed by atoms with Gasteiger partial charge in [0.15, 0.2) is 0 Å². The van der Waals surface area contributed by atoms with Gasteiger partial charge in [-0.05, 0) is 48.0 Å². The Labute approximate surface area is 205 Å². The molecule has 3 aromatic rings. The molecule has 1 fully saturated rings. The highest BCUT2D eigenvalue weighted by molar-refractivity contribution is 6.00. The Morgan fingerprint density at radius 1 is 0.971 bits per heavy atom. The summed E-state index contributed by atoms with van der Waals surface area (Å²) in [6.07, 6.45) is 0. The van der Waals surface area contributed by atoms with Crippen LogP contribution in [0.1, 0.15) is 15.9 Å². The van der Waals surface area contributed by atoms with Crippen molar-refractivity contribution in [3.8, 4) is 5.75 Å². The third-order valence-electron chi connectivity index (χ3n) is 6.11. The molecular weight excluding hydrogens is 442 g/mol. The van der Waals surface area contributed by atoms with Crippen molar-refractivity contribution in [3.05, 3.63) is 83.9 Å². The first kappa shape index (κ1) is 23.9. The number of amides is 3. The molecule has 3 N–H and O–H groups in total. The lowest BCUT2D eigenvalue weighted by molar-refractivity contribution is 0.0785. The van der Waals surface area contributed by atoms with Crippen molar-refractivity contribution >= 4 is 29.0 Å². The van der Waals surface area contributed by atoms with Gasteiger partial charge in [0.25, 0.3) is 5.91 Å². The van der Waals surface area contributed by atoms with E-state index in [0.29, 0.717) is 49.7 Å². The maximum atomic E-state index is 13.3. The summed E-state index contributed by atoms with van der Waals surface area (Å²) < 4.78 is 5.16. The van der Waals surface area contributed by atoms with Gasteiger partial charge in [-0.1, -0.05) is 30.3 Å². The first-order valence-electron chi connectivity index (χ1n) is 11.6. The van der Waals surface area contributed by atoms with E-state index in [0.717, 1.165) is 17.0 Å². The average molecular weight is 474 g/mol. The van der Waals surface area contributed by atoms with Crippen LogP contribution in [-0.4, -0.2) is 62.1 Å². The number of carbonyl (C=O) groups excluding carboxylic acids is 2. The zero-order valence-corrected chi connectivity index (χ0v) is 20.1. The van der Waals surface area contributed by atoms with Gasteiger partial charge in [0, 0.05) is 56.8 Å². The van der Waals surface area contributed by atoms with Crippen molar-refractivity contribution in [1.29, 1.82) is 0 Å². The summed E-state index contributed by atoms with van der Waals surface area (Å²) in [5.41, 5.74) is 9.76. The minimum atomic E-state index is -0.147. The largest absolute Gasteiger partial charge is 0.497 e. The van der Waals surface area contributed by atoms with E-state index >= 15 is 0 Å². The second-order valence-corrected chi connectivity index (χ2v) is 8.56. The summed E-state index contributed by atoms with van der Waals surface area (Å²) in [4.78, 5) is 31.7. The Bertz CT molecular complexity index is 1160. The summed E-state index contributed by atoms with van der Waals surface area (Å²) in [5.74, 6) is 0.649. The number of carbonyl (C=O) groups is 2. The van der Waals surface area contributed by atoms with Crippen molar-refractivity contribution in [2.45, 2.75) is 6.54 Å². The third-order valence-corrected chi connectivity index (χ3v) is 6.11. The van der Waals surface area contributed by atoms with Crippen molar-refractivity contribution in [1.82, 2.24) is 9.80 Å². The fourth-order valence-electron chi connectivity index (χ4n) is 4.16. The number of rotatable bonds is 6. The molecule has 3 aromatic carbocycles. The first-order chi connectivity index (χ1) is 16.9. The summed E-state index contributed by atoms with van der Waals surface area (Å²) in [6, 6.07) is 22.4. The van der Waals surface area contributed by atoms with Gasteiger partial charge in [-0.25, -0.2) is 4.79 Å². The van der Waals surface area contributed by atoms with Crippen LogP contribution >= 0.6 is 0 Å². The van der Waals surface area contributed by atoms with Gasteiger partial charge in [-0.3, -0.25) is 4.79 Å². The Balaban J connectivity index is 1.41. The van der Waals surface area contributed by atoms with E-state index in [1.165, 1.54) is 0 Å². The van der Waals surface area contributed by atoms with Crippen LogP contribution in [0.4, 0.5) is 21.9 Å². The SMILES string of the molecule is COc1ccc(NC(=O)N2CCN(c3ccc(N)cc3C(=O)N(C)Cc3ccccc3)CC2)cc1. The number of hydrogen-bond donors (Lipinski definition) is 2. The van der Waals surface area contributed by atoms with Gasteiger partial charge in [0.05, 0.1) is 12.7 Å². The molecule has 0 spiro atoms. The highest BCUT2D eigenvalue weighted by Crippen LogP contribution is 2.26. The van der Waals surface area contributed by atoms with Crippen LogP contribution in [-0.2, 0) is 6.54 Å². The molecule has 0 saturated carbocycles. The van der Waals surface area contributed by atoms with Crippen molar-refractivity contribution in [2.75, 3.05) is 56.3 Å². The van der Waals surface area contributed by atoms with E-state index in [2.05, 4.69) is 10.2 Å². The Hall–Kier alpha value is -4.20. The quantitative estimate of drug-likeness (QED) is 0.530. The number of nitrogens with two attached hydrogens (primary N) is 1. The molecule has 1 aliphatic heterocycles. The van der Waals surface area contributed by atoms with Gasteiger partial charge < -0.3 is 30.5 Å². The van der Waals surface area contributed by atoms with E-state index in [1.54, 1.807) is 30.0 Å². The van der Waals surface area contributed by atoms with Gasteiger partial charge in [-0.2, -0.15) is 0 Å². The maximum Gasteiger partial charge on any atom is 0.321 e. The van der Waals surface area contributed by atoms with Crippen LogP contribution in [0, 0.1) is 0 Å². The first-order valence-corrected chi connectivity index (χ1v) is 11.6. The fraction of sp³-hybridized carbons (Fsp3) is 0.259. The molecular formula is C27H31N5O3. The predicted molar refractivity (Wildman–Crippen MR) is 139 cm³/mol. The number of piperazine rings is 1. The number of anilines is 3. The average Bonchev–Trinajstić information content (AvgIpc) is 2.89. The second-order valence-electron chi connectivity index (χ2n) is 8.56. The van der Waals surface area contributed by atoms with Gasteiger partial charge in [-0.15, -0.1) is 0 Å². The molecule has 0 radical (unpaired) electrons. The Kier molecular flexibility index (Phi) is 7.40. The predicted octanol–water partition coefficient (Wildman–Crippen LogP) is 3.90. The van der Waals surface area contributed by atoms with E-state index < -0.39 is 0 Å². The van der Waals surface area contributed by atoms with E-state index in [-0.39, 0.29) is 11.9 Å². The van der Waals surface area contributed by atoms with Crippen LogP contribution in [0.2, 0.25) is 0 Å². The monoisotopic (exact) mass is 473 g/mol. The second kappa shape index (κ2) is 10.8. The van der Waals surface area contributed by atoms with E-state index in [1.807, 2.05) is 66.7 Å². The molecule has 3 amide bonds. The number of hydrogen-bond acceptors (Lipinski definition) is 5. The zero-order valence-electron chi connectivity index (χ0n) is 20.1. The molecule has 0 aliphatic carbocycles. The van der Waals surface area contributed by atoms with Crippen LogP contribution in [0.25, 0.3) is 0 Å². The molecule has 35 heavy (non-hydrogen) atoms. The van der Waals surface area contributed by atoms with Gasteiger partial charge >= 0.3 is 6.03 Å². The number of ether oxygens (including phenoxy) is 1. The minimum absolute atomic E-state index is 0.0872. The molecule has 1 aliphatic rings. The smallest absolute Gasteiger partial charge is 0.321 e. The number of methoxy groups -OCH3 is 1. The number of nitrogen functional groups attached to an aromatic ring is 1. The maximum absolute atomic E-state index is 13.3. The van der Waals surface area contributed by atoms with Gasteiger partial charge in [0.2, 0.25) is 0 Å². The molecule has 0 aromatic heterocycles. The van der Waals surface area contributed by atoms with E-state index in [4.69, 9.17) is 10.5 Å². The molecule has 8 heteroatoms. The normalized spacial score (nSPS) is 13.3. The number of nitrogens with zero attached hydrogens (tertiary/aromatic N) is 3. The number of urea groups is 1. The molecule has 1 saturated heterocycles.